The summed E-state index contributed by atoms with van der Waals surface area (Å²) in [5.74, 6) is 0.332. The van der Waals surface area contributed by atoms with E-state index in [1.807, 2.05) is 6.92 Å². The lowest BCUT2D eigenvalue weighted by Crippen LogP contribution is -2.49. The number of benzene rings is 1. The van der Waals surface area contributed by atoms with Gasteiger partial charge in [0.2, 0.25) is 0 Å². The predicted molar refractivity (Wildman–Crippen MR) is 71.0 cm³/mol. The smallest absolute Gasteiger partial charge is 0.268 e. The minimum atomic E-state index is -0.992. The van der Waals surface area contributed by atoms with E-state index in [1.54, 1.807) is 18.2 Å². The van der Waals surface area contributed by atoms with Crippen molar-refractivity contribution in [3.63, 3.8) is 0 Å². The molecule has 6 nitrogen and oxygen atoms in total. The van der Waals surface area contributed by atoms with E-state index in [0.29, 0.717) is 23.5 Å². The largest absolute Gasteiger partial charge is 0.478 e. The average molecular weight is 266 g/mol. The lowest BCUT2D eigenvalue weighted by molar-refractivity contribution is -0.126. The van der Waals surface area contributed by atoms with Crippen LogP contribution in [0.2, 0.25) is 0 Å². The van der Waals surface area contributed by atoms with Gasteiger partial charge in [0.15, 0.2) is 6.10 Å². The lowest BCUT2D eigenvalue weighted by Gasteiger charge is -2.35. The van der Waals surface area contributed by atoms with Crippen molar-refractivity contribution in [1.29, 1.82) is 0 Å². The van der Waals surface area contributed by atoms with Gasteiger partial charge in [0.1, 0.15) is 5.75 Å². The van der Waals surface area contributed by atoms with E-state index in [9.17, 15) is 9.90 Å². The Kier molecular flexibility index (Phi) is 3.92. The molecule has 1 aliphatic rings. The molecule has 0 spiro atoms. The normalized spacial score (nSPS) is 19.8. The highest BCUT2D eigenvalue weighted by atomic mass is 16.5. The second-order valence-electron chi connectivity index (χ2n) is 4.53. The van der Waals surface area contributed by atoms with Crippen molar-refractivity contribution in [1.82, 2.24) is 0 Å². The highest BCUT2D eigenvalue weighted by Gasteiger charge is 2.34. The van der Waals surface area contributed by atoms with Crippen molar-refractivity contribution in [2.24, 2.45) is 0 Å². The van der Waals surface area contributed by atoms with Crippen LogP contribution in [0.25, 0.3) is 0 Å². The Labute approximate surface area is 111 Å². The molecule has 0 saturated heterocycles. The number of β-amino-alcohol motifs (C(OH)–C–C–N with tert-alkyl or cyclic N) is 1. The molecule has 0 radical (unpaired) electrons. The maximum Gasteiger partial charge on any atom is 0.268 e. The number of ether oxygens (including phenoxy) is 1. The molecule has 1 heterocycles. The van der Waals surface area contributed by atoms with Gasteiger partial charge in [0.05, 0.1) is 24.9 Å². The summed E-state index contributed by atoms with van der Waals surface area (Å²) in [6, 6.07) is 5.03. The number of nitrogen functional groups attached to an aromatic ring is 1. The van der Waals surface area contributed by atoms with E-state index in [-0.39, 0.29) is 12.5 Å². The first kappa shape index (κ1) is 13.6. The van der Waals surface area contributed by atoms with E-state index in [0.717, 1.165) is 0 Å². The third-order valence-corrected chi connectivity index (χ3v) is 3.06. The van der Waals surface area contributed by atoms with Gasteiger partial charge in [-0.1, -0.05) is 6.92 Å². The minimum absolute atomic E-state index is 0.0195. The van der Waals surface area contributed by atoms with E-state index >= 15 is 0 Å². The molecule has 2 unspecified atom stereocenters. The summed E-state index contributed by atoms with van der Waals surface area (Å²) in [6.07, 6.45) is -1.02. The summed E-state index contributed by atoms with van der Waals surface area (Å²) in [5, 5.41) is 18.5. The number of hydrogen-bond acceptors (Lipinski definition) is 5. The SMILES string of the molecule is CCC1Oc2ccc(N)cc2N(CC(O)CO)C1=O. The van der Waals surface area contributed by atoms with E-state index in [2.05, 4.69) is 0 Å². The van der Waals surface area contributed by atoms with Crippen molar-refractivity contribution >= 4 is 17.3 Å². The zero-order valence-corrected chi connectivity index (χ0v) is 10.7. The van der Waals surface area contributed by atoms with Gasteiger partial charge < -0.3 is 25.6 Å². The monoisotopic (exact) mass is 266 g/mol. The second kappa shape index (κ2) is 5.46. The van der Waals surface area contributed by atoms with E-state index in [4.69, 9.17) is 15.6 Å². The summed E-state index contributed by atoms with van der Waals surface area (Å²) in [5.41, 5.74) is 6.75. The summed E-state index contributed by atoms with van der Waals surface area (Å²) >= 11 is 0. The number of amides is 1. The molecule has 104 valence electrons. The maximum absolute atomic E-state index is 12.2. The van der Waals surface area contributed by atoms with Crippen LogP contribution in [-0.4, -0.2) is 41.5 Å². The van der Waals surface area contributed by atoms with Crippen LogP contribution in [0, 0.1) is 0 Å². The Morgan fingerprint density at radius 2 is 2.26 bits per heavy atom. The van der Waals surface area contributed by atoms with Gasteiger partial charge in [0, 0.05) is 5.69 Å². The number of fused-ring (bicyclic) bond motifs is 1. The van der Waals surface area contributed by atoms with Gasteiger partial charge in [-0.3, -0.25) is 4.79 Å². The van der Waals surface area contributed by atoms with Gasteiger partial charge in [-0.05, 0) is 24.6 Å². The molecule has 1 amide bonds. The molecule has 1 aromatic carbocycles. The lowest BCUT2D eigenvalue weighted by atomic mass is 10.1. The summed E-state index contributed by atoms with van der Waals surface area (Å²) in [4.78, 5) is 13.7. The number of rotatable bonds is 4. The minimum Gasteiger partial charge on any atom is -0.478 e. The number of carbonyl (C=O) groups is 1. The summed E-state index contributed by atoms with van der Waals surface area (Å²) in [6.45, 7) is 1.47. The van der Waals surface area contributed by atoms with Crippen LogP contribution < -0.4 is 15.4 Å². The highest BCUT2D eigenvalue weighted by Crippen LogP contribution is 2.36. The average Bonchev–Trinajstić information content (AvgIpc) is 2.41. The predicted octanol–water partition coefficient (Wildman–Crippen LogP) is 0.126. The summed E-state index contributed by atoms with van der Waals surface area (Å²) < 4.78 is 5.60. The van der Waals surface area contributed by atoms with Crippen molar-refractivity contribution in [2.45, 2.75) is 25.6 Å². The zero-order valence-electron chi connectivity index (χ0n) is 10.7. The molecule has 19 heavy (non-hydrogen) atoms. The first-order valence-electron chi connectivity index (χ1n) is 6.23. The molecule has 2 rings (SSSR count). The molecule has 0 fully saturated rings. The fourth-order valence-corrected chi connectivity index (χ4v) is 2.06. The third-order valence-electron chi connectivity index (χ3n) is 3.06. The van der Waals surface area contributed by atoms with Crippen LogP contribution in [0.5, 0.6) is 5.75 Å². The van der Waals surface area contributed by atoms with Crippen LogP contribution in [0.4, 0.5) is 11.4 Å². The van der Waals surface area contributed by atoms with Gasteiger partial charge >= 0.3 is 0 Å². The zero-order chi connectivity index (χ0) is 14.0. The number of hydrogen-bond donors (Lipinski definition) is 3. The Balaban J connectivity index is 2.38. The van der Waals surface area contributed by atoms with Gasteiger partial charge in [-0.25, -0.2) is 0 Å². The molecule has 1 aliphatic heterocycles. The fraction of sp³-hybridized carbons (Fsp3) is 0.462. The quantitative estimate of drug-likeness (QED) is 0.673. The molecule has 4 N–H and O–H groups in total. The standard InChI is InChI=1S/C13H18N2O4/c1-2-11-13(18)15(6-9(17)7-16)10-5-8(14)3-4-12(10)19-11/h3-5,9,11,16-17H,2,6-7,14H2,1H3. The van der Waals surface area contributed by atoms with Crippen LogP contribution >= 0.6 is 0 Å². The molecular weight excluding hydrogens is 248 g/mol. The third kappa shape index (κ3) is 2.64. The Morgan fingerprint density at radius 1 is 1.53 bits per heavy atom. The number of nitrogens with two attached hydrogens (primary N) is 1. The molecule has 1 aromatic rings. The number of anilines is 2. The second-order valence-corrected chi connectivity index (χ2v) is 4.53. The Bertz CT molecular complexity index is 478. The number of aliphatic hydroxyl groups excluding tert-OH is 2. The Morgan fingerprint density at radius 3 is 2.89 bits per heavy atom. The van der Waals surface area contributed by atoms with Crippen molar-refractivity contribution < 1.29 is 19.7 Å². The fourth-order valence-electron chi connectivity index (χ4n) is 2.06. The first-order valence-corrected chi connectivity index (χ1v) is 6.23. The van der Waals surface area contributed by atoms with Gasteiger partial charge in [-0.2, -0.15) is 0 Å². The van der Waals surface area contributed by atoms with Crippen LogP contribution in [0.3, 0.4) is 0 Å². The molecule has 0 saturated carbocycles. The van der Waals surface area contributed by atoms with E-state index < -0.39 is 18.8 Å². The van der Waals surface area contributed by atoms with Crippen molar-refractivity contribution in [3.8, 4) is 5.75 Å². The van der Waals surface area contributed by atoms with Crippen molar-refractivity contribution in [3.05, 3.63) is 18.2 Å². The van der Waals surface area contributed by atoms with Gasteiger partial charge in [-0.15, -0.1) is 0 Å². The Hall–Kier alpha value is -1.79. The maximum atomic E-state index is 12.2. The topological polar surface area (TPSA) is 96.0 Å². The number of aliphatic hydroxyl groups is 2. The molecular formula is C13H18N2O4. The van der Waals surface area contributed by atoms with Crippen molar-refractivity contribution in [2.75, 3.05) is 23.8 Å². The first-order chi connectivity index (χ1) is 9.06. The van der Waals surface area contributed by atoms with Gasteiger partial charge in [0.25, 0.3) is 5.91 Å². The highest BCUT2D eigenvalue weighted by molar-refractivity contribution is 6.00. The molecule has 6 heteroatoms. The van der Waals surface area contributed by atoms with Crippen LogP contribution in [0.1, 0.15) is 13.3 Å². The van der Waals surface area contributed by atoms with E-state index in [1.165, 1.54) is 4.90 Å². The molecule has 2 atom stereocenters. The number of nitrogens with zero attached hydrogens (tertiary/aromatic N) is 1. The molecule has 0 bridgehead atoms. The number of carbonyl (C=O) groups excluding carboxylic acids is 1. The molecule has 0 aromatic heterocycles. The molecule has 0 aliphatic carbocycles. The van der Waals surface area contributed by atoms with Crippen LogP contribution in [0.15, 0.2) is 18.2 Å². The summed E-state index contributed by atoms with van der Waals surface area (Å²) in [7, 11) is 0. The van der Waals surface area contributed by atoms with Crippen LogP contribution in [-0.2, 0) is 4.79 Å².